The minimum Gasteiger partial charge on any atom is -0.497 e. The molecule has 21 heavy (non-hydrogen) atoms. The van der Waals surface area contributed by atoms with Crippen LogP contribution in [-0.4, -0.2) is 18.7 Å². The number of rotatable bonds is 7. The Kier molecular flexibility index (Phi) is 6.10. The smallest absolute Gasteiger partial charge is 0.258 e. The van der Waals surface area contributed by atoms with Crippen molar-refractivity contribution in [2.45, 2.75) is 20.0 Å². The number of nitrogens with zero attached hydrogens (tertiary/aromatic N) is 1. The lowest BCUT2D eigenvalue weighted by atomic mass is 10.2. The summed E-state index contributed by atoms with van der Waals surface area (Å²) >= 11 is 2.16. The fourth-order valence-electron chi connectivity index (χ4n) is 1.70. The molecule has 0 N–H and O–H groups in total. The molecule has 1 heterocycles. The zero-order valence-corrected chi connectivity index (χ0v) is 14.3. The van der Waals surface area contributed by atoms with Crippen molar-refractivity contribution in [3.8, 4) is 17.4 Å². The standard InChI is InChI=1S/C16H18INO3/c1-3-10-20-14-8-9-15(17)18-16(14)21-11-12-4-6-13(19-2)7-5-12/h4-9H,3,10-11H2,1-2H3. The molecule has 0 aliphatic heterocycles. The molecule has 0 fully saturated rings. The van der Waals surface area contributed by atoms with Crippen molar-refractivity contribution in [2.75, 3.05) is 13.7 Å². The Hall–Kier alpha value is -1.50. The van der Waals surface area contributed by atoms with Crippen LogP contribution in [0.5, 0.6) is 17.4 Å². The maximum Gasteiger partial charge on any atom is 0.258 e. The van der Waals surface area contributed by atoms with Crippen molar-refractivity contribution >= 4 is 22.6 Å². The molecule has 2 rings (SSSR count). The summed E-state index contributed by atoms with van der Waals surface area (Å²) in [6.07, 6.45) is 0.948. The van der Waals surface area contributed by atoms with Crippen LogP contribution < -0.4 is 14.2 Å². The molecule has 2 aromatic rings. The Morgan fingerprint density at radius 3 is 2.48 bits per heavy atom. The molecule has 1 aromatic carbocycles. The molecule has 0 saturated heterocycles. The van der Waals surface area contributed by atoms with E-state index in [4.69, 9.17) is 14.2 Å². The highest BCUT2D eigenvalue weighted by Gasteiger charge is 2.08. The fourth-order valence-corrected chi connectivity index (χ4v) is 2.10. The Labute approximate surface area is 138 Å². The van der Waals surface area contributed by atoms with Crippen LogP contribution in [0.3, 0.4) is 0 Å². The summed E-state index contributed by atoms with van der Waals surface area (Å²) in [5.74, 6) is 2.05. The van der Waals surface area contributed by atoms with Crippen LogP contribution in [-0.2, 0) is 6.61 Å². The van der Waals surface area contributed by atoms with E-state index in [1.54, 1.807) is 7.11 Å². The van der Waals surface area contributed by atoms with Gasteiger partial charge in [-0.05, 0) is 58.8 Å². The molecule has 1 aromatic heterocycles. The van der Waals surface area contributed by atoms with Gasteiger partial charge in [-0.25, -0.2) is 4.98 Å². The zero-order chi connectivity index (χ0) is 15.1. The van der Waals surface area contributed by atoms with Gasteiger partial charge in [-0.15, -0.1) is 0 Å². The maximum atomic E-state index is 5.79. The minimum absolute atomic E-state index is 0.444. The van der Waals surface area contributed by atoms with Gasteiger partial charge in [-0.3, -0.25) is 0 Å². The van der Waals surface area contributed by atoms with E-state index in [1.165, 1.54) is 0 Å². The minimum atomic E-state index is 0.444. The lowest BCUT2D eigenvalue weighted by Gasteiger charge is -2.12. The van der Waals surface area contributed by atoms with E-state index in [0.717, 1.165) is 21.4 Å². The number of halogens is 1. The monoisotopic (exact) mass is 399 g/mol. The summed E-state index contributed by atoms with van der Waals surface area (Å²) in [6, 6.07) is 11.6. The third-order valence-corrected chi connectivity index (χ3v) is 3.39. The summed E-state index contributed by atoms with van der Waals surface area (Å²) in [5, 5.41) is 0. The first kappa shape index (κ1) is 15.9. The highest BCUT2D eigenvalue weighted by Crippen LogP contribution is 2.26. The van der Waals surface area contributed by atoms with Crippen LogP contribution in [0.2, 0.25) is 0 Å². The van der Waals surface area contributed by atoms with E-state index >= 15 is 0 Å². The quantitative estimate of drug-likeness (QED) is 0.520. The highest BCUT2D eigenvalue weighted by molar-refractivity contribution is 14.1. The second-order valence-electron chi connectivity index (χ2n) is 4.42. The number of hydrogen-bond donors (Lipinski definition) is 0. The molecule has 112 valence electrons. The van der Waals surface area contributed by atoms with Crippen LogP contribution in [0, 0.1) is 3.70 Å². The Balaban J connectivity index is 2.05. The lowest BCUT2D eigenvalue weighted by molar-refractivity contribution is 0.252. The van der Waals surface area contributed by atoms with Crippen molar-refractivity contribution in [3.63, 3.8) is 0 Å². The third kappa shape index (κ3) is 4.77. The van der Waals surface area contributed by atoms with Gasteiger partial charge >= 0.3 is 0 Å². The number of benzene rings is 1. The second-order valence-corrected chi connectivity index (χ2v) is 5.53. The van der Waals surface area contributed by atoms with Crippen LogP contribution in [0.25, 0.3) is 0 Å². The third-order valence-electron chi connectivity index (χ3n) is 2.79. The van der Waals surface area contributed by atoms with E-state index in [9.17, 15) is 0 Å². The first-order valence-electron chi connectivity index (χ1n) is 6.78. The topological polar surface area (TPSA) is 40.6 Å². The molecule has 0 radical (unpaired) electrons. The Bertz CT molecular complexity index is 572. The molecular weight excluding hydrogens is 381 g/mol. The van der Waals surface area contributed by atoms with E-state index in [-0.39, 0.29) is 0 Å². The summed E-state index contributed by atoms with van der Waals surface area (Å²) in [7, 11) is 1.65. The number of hydrogen-bond acceptors (Lipinski definition) is 4. The molecule has 0 unspecified atom stereocenters. The Morgan fingerprint density at radius 1 is 1.05 bits per heavy atom. The van der Waals surface area contributed by atoms with E-state index in [2.05, 4.69) is 34.5 Å². The van der Waals surface area contributed by atoms with Crippen molar-refractivity contribution in [1.29, 1.82) is 0 Å². The van der Waals surface area contributed by atoms with Gasteiger partial charge in [-0.2, -0.15) is 0 Å². The Morgan fingerprint density at radius 2 is 1.81 bits per heavy atom. The molecule has 0 atom stereocenters. The van der Waals surface area contributed by atoms with Gasteiger partial charge in [0.2, 0.25) is 0 Å². The molecule has 0 spiro atoms. The van der Waals surface area contributed by atoms with Crippen molar-refractivity contribution < 1.29 is 14.2 Å². The molecule has 0 saturated carbocycles. The predicted molar refractivity (Wildman–Crippen MR) is 90.1 cm³/mol. The van der Waals surface area contributed by atoms with Gasteiger partial charge < -0.3 is 14.2 Å². The SMILES string of the molecule is CCCOc1ccc(I)nc1OCc1ccc(OC)cc1. The molecular formula is C16H18INO3. The van der Waals surface area contributed by atoms with Crippen LogP contribution in [0.4, 0.5) is 0 Å². The second kappa shape index (κ2) is 8.07. The molecule has 0 aliphatic carbocycles. The molecule has 0 bridgehead atoms. The first-order valence-corrected chi connectivity index (χ1v) is 7.86. The lowest BCUT2D eigenvalue weighted by Crippen LogP contribution is -2.03. The molecule has 0 aliphatic rings. The van der Waals surface area contributed by atoms with Crippen LogP contribution in [0.1, 0.15) is 18.9 Å². The molecule has 0 amide bonds. The fraction of sp³-hybridized carbons (Fsp3) is 0.312. The first-order chi connectivity index (χ1) is 10.2. The number of ether oxygens (including phenoxy) is 3. The largest absolute Gasteiger partial charge is 0.497 e. The van der Waals surface area contributed by atoms with Gasteiger partial charge in [0, 0.05) is 0 Å². The average molecular weight is 399 g/mol. The van der Waals surface area contributed by atoms with Gasteiger partial charge in [0.05, 0.1) is 13.7 Å². The summed E-state index contributed by atoms with van der Waals surface area (Å²) < 4.78 is 17.5. The maximum absolute atomic E-state index is 5.79. The molecule has 5 heteroatoms. The average Bonchev–Trinajstić information content (AvgIpc) is 2.52. The van der Waals surface area contributed by atoms with Gasteiger partial charge in [-0.1, -0.05) is 19.1 Å². The van der Waals surface area contributed by atoms with E-state index in [0.29, 0.717) is 24.8 Å². The van der Waals surface area contributed by atoms with Crippen LogP contribution in [0.15, 0.2) is 36.4 Å². The van der Waals surface area contributed by atoms with Gasteiger partial charge in [0.25, 0.3) is 5.88 Å². The summed E-state index contributed by atoms with van der Waals surface area (Å²) in [6.45, 7) is 3.17. The number of aromatic nitrogens is 1. The highest BCUT2D eigenvalue weighted by atomic mass is 127. The van der Waals surface area contributed by atoms with E-state index in [1.807, 2.05) is 36.4 Å². The van der Waals surface area contributed by atoms with Crippen molar-refractivity contribution in [1.82, 2.24) is 4.98 Å². The number of pyridine rings is 1. The molecule has 4 nitrogen and oxygen atoms in total. The van der Waals surface area contributed by atoms with Crippen molar-refractivity contribution in [3.05, 3.63) is 45.7 Å². The van der Waals surface area contributed by atoms with Crippen LogP contribution >= 0.6 is 22.6 Å². The number of methoxy groups -OCH3 is 1. The zero-order valence-electron chi connectivity index (χ0n) is 12.1. The van der Waals surface area contributed by atoms with Gasteiger partial charge in [0.1, 0.15) is 16.1 Å². The normalized spacial score (nSPS) is 10.2. The predicted octanol–water partition coefficient (Wildman–Crippen LogP) is 4.06. The summed E-state index contributed by atoms with van der Waals surface area (Å²) in [5.41, 5.74) is 1.05. The van der Waals surface area contributed by atoms with Crippen molar-refractivity contribution in [2.24, 2.45) is 0 Å². The summed E-state index contributed by atoms with van der Waals surface area (Å²) in [4.78, 5) is 4.39. The van der Waals surface area contributed by atoms with E-state index < -0.39 is 0 Å². The van der Waals surface area contributed by atoms with Gasteiger partial charge in [0.15, 0.2) is 5.75 Å².